The molecule has 3 N–H and O–H groups in total. The van der Waals surface area contributed by atoms with Gasteiger partial charge in [-0.15, -0.1) is 0 Å². The van der Waals surface area contributed by atoms with E-state index in [-0.39, 0.29) is 17.4 Å². The van der Waals surface area contributed by atoms with E-state index >= 15 is 0 Å². The Kier molecular flexibility index (Phi) is 4.14. The summed E-state index contributed by atoms with van der Waals surface area (Å²) >= 11 is 0. The number of carbonyl (C=O) groups is 1. The highest BCUT2D eigenvalue weighted by molar-refractivity contribution is 5.76. The van der Waals surface area contributed by atoms with Crippen LogP contribution in [0.3, 0.4) is 0 Å². The van der Waals surface area contributed by atoms with E-state index in [2.05, 4.69) is 26.1 Å². The van der Waals surface area contributed by atoms with E-state index in [0.717, 1.165) is 13.0 Å². The maximum Gasteiger partial charge on any atom is 0.221 e. The van der Waals surface area contributed by atoms with Gasteiger partial charge in [-0.3, -0.25) is 4.79 Å². The summed E-state index contributed by atoms with van der Waals surface area (Å²) in [7, 11) is 0. The van der Waals surface area contributed by atoms with Crippen LogP contribution in [0, 0.1) is 11.3 Å². The molecular formula is C12H24N2O. The third-order valence-corrected chi connectivity index (χ3v) is 3.37. The fourth-order valence-electron chi connectivity index (χ4n) is 1.44. The van der Waals surface area contributed by atoms with Gasteiger partial charge in [0.25, 0.3) is 0 Å². The quantitative estimate of drug-likeness (QED) is 0.703. The van der Waals surface area contributed by atoms with Gasteiger partial charge in [0.15, 0.2) is 0 Å². The zero-order valence-corrected chi connectivity index (χ0v) is 10.2. The predicted octanol–water partition coefficient (Wildman–Crippen LogP) is 1.67. The van der Waals surface area contributed by atoms with Gasteiger partial charge in [0.05, 0.1) is 0 Å². The van der Waals surface area contributed by atoms with Crippen LogP contribution < -0.4 is 11.1 Å². The fourth-order valence-corrected chi connectivity index (χ4v) is 1.44. The van der Waals surface area contributed by atoms with Gasteiger partial charge in [0.2, 0.25) is 5.91 Å². The zero-order chi connectivity index (χ0) is 11.5. The molecule has 1 aliphatic rings. The summed E-state index contributed by atoms with van der Waals surface area (Å²) in [4.78, 5) is 11.6. The average Bonchev–Trinajstić information content (AvgIpc) is 2.98. The largest absolute Gasteiger partial charge is 0.356 e. The second kappa shape index (κ2) is 4.97. The van der Waals surface area contributed by atoms with E-state index in [0.29, 0.717) is 12.3 Å². The molecule has 3 heteroatoms. The SMILES string of the molecule is CCC(C)(C)CNC(=O)CC(N)C1CC1. The smallest absolute Gasteiger partial charge is 0.221 e. The van der Waals surface area contributed by atoms with Crippen molar-refractivity contribution >= 4 is 5.91 Å². The van der Waals surface area contributed by atoms with Crippen LogP contribution in [-0.2, 0) is 4.79 Å². The lowest BCUT2D eigenvalue weighted by Crippen LogP contribution is -2.37. The molecule has 15 heavy (non-hydrogen) atoms. The van der Waals surface area contributed by atoms with Crippen molar-refractivity contribution in [1.29, 1.82) is 0 Å². The number of nitrogens with two attached hydrogens (primary N) is 1. The Morgan fingerprint density at radius 1 is 1.53 bits per heavy atom. The average molecular weight is 212 g/mol. The minimum atomic E-state index is 0.0785. The van der Waals surface area contributed by atoms with E-state index < -0.39 is 0 Å². The Morgan fingerprint density at radius 3 is 2.60 bits per heavy atom. The lowest BCUT2D eigenvalue weighted by atomic mass is 9.90. The van der Waals surface area contributed by atoms with Crippen LogP contribution in [0.25, 0.3) is 0 Å². The lowest BCUT2D eigenvalue weighted by molar-refractivity contribution is -0.122. The molecule has 1 saturated carbocycles. The number of rotatable bonds is 6. The van der Waals surface area contributed by atoms with E-state index in [9.17, 15) is 4.79 Å². The maximum absolute atomic E-state index is 11.6. The topological polar surface area (TPSA) is 55.1 Å². The molecule has 0 saturated heterocycles. The lowest BCUT2D eigenvalue weighted by Gasteiger charge is -2.23. The van der Waals surface area contributed by atoms with Crippen LogP contribution >= 0.6 is 0 Å². The van der Waals surface area contributed by atoms with Crippen LogP contribution in [0.15, 0.2) is 0 Å². The first-order chi connectivity index (χ1) is 6.94. The second-order valence-electron chi connectivity index (χ2n) is 5.50. The van der Waals surface area contributed by atoms with Crippen LogP contribution in [0.2, 0.25) is 0 Å². The summed E-state index contributed by atoms with van der Waals surface area (Å²) in [5.74, 6) is 0.714. The molecule has 0 aromatic carbocycles. The van der Waals surface area contributed by atoms with Gasteiger partial charge in [-0.2, -0.15) is 0 Å². The Balaban J connectivity index is 2.17. The Bertz CT molecular complexity index is 222. The third-order valence-electron chi connectivity index (χ3n) is 3.37. The molecule has 0 spiro atoms. The fraction of sp³-hybridized carbons (Fsp3) is 0.917. The van der Waals surface area contributed by atoms with E-state index in [1.807, 2.05) is 0 Å². The molecule has 1 aliphatic carbocycles. The Hall–Kier alpha value is -0.570. The predicted molar refractivity (Wildman–Crippen MR) is 62.4 cm³/mol. The molecule has 1 fully saturated rings. The number of hydrogen-bond donors (Lipinski definition) is 2. The molecule has 1 amide bonds. The molecule has 1 atom stereocenters. The van der Waals surface area contributed by atoms with Crippen molar-refractivity contribution in [3.05, 3.63) is 0 Å². The van der Waals surface area contributed by atoms with Gasteiger partial charge in [0.1, 0.15) is 0 Å². The Labute approximate surface area is 92.8 Å². The van der Waals surface area contributed by atoms with Crippen LogP contribution in [0.5, 0.6) is 0 Å². The monoisotopic (exact) mass is 212 g/mol. The van der Waals surface area contributed by atoms with Gasteiger partial charge in [-0.25, -0.2) is 0 Å². The number of hydrogen-bond acceptors (Lipinski definition) is 2. The molecule has 0 radical (unpaired) electrons. The first-order valence-corrected chi connectivity index (χ1v) is 5.97. The first-order valence-electron chi connectivity index (χ1n) is 5.97. The summed E-state index contributed by atoms with van der Waals surface area (Å²) in [6, 6.07) is 0.0785. The van der Waals surface area contributed by atoms with E-state index in [1.165, 1.54) is 12.8 Å². The molecule has 1 unspecified atom stereocenters. The summed E-state index contributed by atoms with van der Waals surface area (Å²) in [5.41, 5.74) is 6.08. The van der Waals surface area contributed by atoms with Gasteiger partial charge < -0.3 is 11.1 Å². The third kappa shape index (κ3) is 4.65. The molecule has 3 nitrogen and oxygen atoms in total. The van der Waals surface area contributed by atoms with Gasteiger partial charge in [0, 0.05) is 19.0 Å². The van der Waals surface area contributed by atoms with Gasteiger partial charge in [-0.05, 0) is 30.6 Å². The van der Waals surface area contributed by atoms with Crippen molar-refractivity contribution in [1.82, 2.24) is 5.32 Å². The van der Waals surface area contributed by atoms with Crippen LogP contribution in [0.4, 0.5) is 0 Å². The molecule has 0 bridgehead atoms. The maximum atomic E-state index is 11.6. The van der Waals surface area contributed by atoms with Crippen molar-refractivity contribution in [2.24, 2.45) is 17.1 Å². The highest BCUT2D eigenvalue weighted by Crippen LogP contribution is 2.32. The molecular weight excluding hydrogens is 188 g/mol. The minimum Gasteiger partial charge on any atom is -0.356 e. The summed E-state index contributed by atoms with van der Waals surface area (Å²) in [6.07, 6.45) is 3.97. The van der Waals surface area contributed by atoms with Crippen LogP contribution in [0.1, 0.15) is 46.5 Å². The van der Waals surface area contributed by atoms with Crippen molar-refractivity contribution in [3.63, 3.8) is 0 Å². The normalized spacial score (nSPS) is 18.7. The molecule has 0 aromatic heterocycles. The second-order valence-corrected chi connectivity index (χ2v) is 5.50. The summed E-state index contributed by atoms with van der Waals surface area (Å²) in [5, 5.41) is 2.97. The van der Waals surface area contributed by atoms with Crippen molar-refractivity contribution in [2.45, 2.75) is 52.5 Å². The highest BCUT2D eigenvalue weighted by atomic mass is 16.1. The van der Waals surface area contributed by atoms with Crippen LogP contribution in [-0.4, -0.2) is 18.5 Å². The molecule has 1 rings (SSSR count). The molecule has 0 aliphatic heterocycles. The van der Waals surface area contributed by atoms with Crippen molar-refractivity contribution < 1.29 is 4.79 Å². The molecule has 88 valence electrons. The van der Waals surface area contributed by atoms with E-state index in [4.69, 9.17) is 5.73 Å². The molecule has 0 heterocycles. The van der Waals surface area contributed by atoms with E-state index in [1.54, 1.807) is 0 Å². The summed E-state index contributed by atoms with van der Waals surface area (Å²) in [6.45, 7) is 7.21. The summed E-state index contributed by atoms with van der Waals surface area (Å²) < 4.78 is 0. The first kappa shape index (κ1) is 12.5. The highest BCUT2D eigenvalue weighted by Gasteiger charge is 2.30. The number of carbonyl (C=O) groups excluding carboxylic acids is 1. The Morgan fingerprint density at radius 2 is 2.13 bits per heavy atom. The minimum absolute atomic E-state index is 0.0785. The van der Waals surface area contributed by atoms with Crippen molar-refractivity contribution in [3.8, 4) is 0 Å². The molecule has 0 aromatic rings. The standard InChI is InChI=1S/C12H24N2O/c1-4-12(2,3)8-14-11(15)7-10(13)9-5-6-9/h9-10H,4-8,13H2,1-3H3,(H,14,15). The number of nitrogens with one attached hydrogen (secondary N) is 1. The zero-order valence-electron chi connectivity index (χ0n) is 10.2. The van der Waals surface area contributed by atoms with Gasteiger partial charge in [-0.1, -0.05) is 20.8 Å². The van der Waals surface area contributed by atoms with Crippen molar-refractivity contribution in [2.75, 3.05) is 6.54 Å². The number of amides is 1. The van der Waals surface area contributed by atoms with Gasteiger partial charge >= 0.3 is 0 Å².